The fourth-order valence-corrected chi connectivity index (χ4v) is 7.67. The van der Waals surface area contributed by atoms with Gasteiger partial charge in [0.25, 0.3) is 0 Å². The molecule has 0 aliphatic heterocycles. The van der Waals surface area contributed by atoms with Gasteiger partial charge < -0.3 is 9.32 Å². The maximum absolute atomic E-state index is 6.69. The molecular formula is C45H33NO. The molecule has 8 aromatic rings. The van der Waals surface area contributed by atoms with E-state index in [0.29, 0.717) is 0 Å². The van der Waals surface area contributed by atoms with E-state index in [1.165, 1.54) is 49.9 Å². The first kappa shape index (κ1) is 27.5. The van der Waals surface area contributed by atoms with Crippen LogP contribution in [-0.2, 0) is 5.41 Å². The second-order valence-corrected chi connectivity index (χ2v) is 13.0. The van der Waals surface area contributed by atoms with Gasteiger partial charge >= 0.3 is 0 Å². The molecule has 0 saturated carbocycles. The highest BCUT2D eigenvalue weighted by Gasteiger charge is 2.41. The van der Waals surface area contributed by atoms with E-state index in [-0.39, 0.29) is 5.41 Å². The van der Waals surface area contributed by atoms with E-state index >= 15 is 0 Å². The highest BCUT2D eigenvalue weighted by Crippen LogP contribution is 2.58. The third-order valence-electron chi connectivity index (χ3n) is 9.81. The second-order valence-electron chi connectivity index (χ2n) is 13.0. The summed E-state index contributed by atoms with van der Waals surface area (Å²) in [4.78, 5) is 2.43. The molecule has 1 aromatic heterocycles. The van der Waals surface area contributed by atoms with Gasteiger partial charge in [0.15, 0.2) is 0 Å². The molecule has 0 amide bonds. The molecule has 0 bridgehead atoms. The predicted octanol–water partition coefficient (Wildman–Crippen LogP) is 12.7. The first-order valence-electron chi connectivity index (χ1n) is 16.3. The van der Waals surface area contributed by atoms with Crippen LogP contribution in [0.2, 0.25) is 0 Å². The molecule has 9 rings (SSSR count). The first-order chi connectivity index (χ1) is 23.1. The van der Waals surface area contributed by atoms with Crippen LogP contribution in [0, 0.1) is 0 Å². The van der Waals surface area contributed by atoms with Gasteiger partial charge in [-0.05, 0) is 69.3 Å². The molecule has 224 valence electrons. The highest BCUT2D eigenvalue weighted by atomic mass is 16.3. The molecule has 0 fully saturated rings. The van der Waals surface area contributed by atoms with E-state index in [0.717, 1.165) is 33.6 Å². The van der Waals surface area contributed by atoms with Crippen LogP contribution >= 0.6 is 0 Å². The average Bonchev–Trinajstić information content (AvgIpc) is 3.61. The van der Waals surface area contributed by atoms with Crippen LogP contribution in [0.3, 0.4) is 0 Å². The Bertz CT molecular complexity index is 2350. The van der Waals surface area contributed by atoms with Crippen molar-refractivity contribution in [3.8, 4) is 33.4 Å². The quantitative estimate of drug-likeness (QED) is 0.195. The second kappa shape index (κ2) is 10.6. The van der Waals surface area contributed by atoms with Gasteiger partial charge in [-0.3, -0.25) is 0 Å². The van der Waals surface area contributed by atoms with E-state index < -0.39 is 0 Å². The van der Waals surface area contributed by atoms with Gasteiger partial charge in [-0.2, -0.15) is 0 Å². The molecule has 1 heterocycles. The summed E-state index contributed by atoms with van der Waals surface area (Å²) in [5, 5.41) is 2.37. The average molecular weight is 604 g/mol. The summed E-state index contributed by atoms with van der Waals surface area (Å²) in [6.45, 7) is 4.72. The summed E-state index contributed by atoms with van der Waals surface area (Å²) in [6.07, 6.45) is 0. The Morgan fingerprint density at radius 3 is 1.70 bits per heavy atom. The van der Waals surface area contributed by atoms with Crippen molar-refractivity contribution >= 4 is 39.0 Å². The first-order valence-corrected chi connectivity index (χ1v) is 16.3. The Balaban J connectivity index is 1.38. The summed E-state index contributed by atoms with van der Waals surface area (Å²) < 4.78 is 6.69. The summed E-state index contributed by atoms with van der Waals surface area (Å²) in [6, 6.07) is 58.7. The fraction of sp³-hybridized carbons (Fsp3) is 0.0667. The van der Waals surface area contributed by atoms with Crippen molar-refractivity contribution in [2.45, 2.75) is 19.3 Å². The Labute approximate surface area is 275 Å². The highest BCUT2D eigenvalue weighted by molar-refractivity contribution is 6.14. The molecule has 0 N–H and O–H groups in total. The van der Waals surface area contributed by atoms with Gasteiger partial charge in [-0.1, -0.05) is 141 Å². The molecule has 0 spiro atoms. The van der Waals surface area contributed by atoms with Gasteiger partial charge in [-0.15, -0.1) is 0 Å². The third-order valence-corrected chi connectivity index (χ3v) is 9.81. The van der Waals surface area contributed by atoms with Crippen LogP contribution in [0.15, 0.2) is 168 Å². The Morgan fingerprint density at radius 1 is 0.489 bits per heavy atom. The normalized spacial score (nSPS) is 13.1. The van der Waals surface area contributed by atoms with Crippen LogP contribution in [0.5, 0.6) is 0 Å². The monoisotopic (exact) mass is 603 g/mol. The Hall–Kier alpha value is -5.86. The maximum atomic E-state index is 6.69. The lowest BCUT2D eigenvalue weighted by Crippen LogP contribution is -2.16. The Kier molecular flexibility index (Phi) is 6.20. The van der Waals surface area contributed by atoms with E-state index in [2.05, 4.69) is 183 Å². The van der Waals surface area contributed by atoms with Gasteiger partial charge in [-0.25, -0.2) is 0 Å². The number of para-hydroxylation sites is 1. The standard InChI is InChI=1S/C45H33NO/c1-45(2)38-25-11-9-23-36(38)42-39(29-41-43(44(42)45)37-24-10-12-26-40(37)47-41)46(34-21-13-19-32(27-34)30-15-5-3-6-16-30)35-22-14-20-33(28-35)31-17-7-4-8-18-31/h3-29H,1-2H3. The molecule has 2 heteroatoms. The Morgan fingerprint density at radius 2 is 1.04 bits per heavy atom. The number of nitrogens with zero attached hydrogens (tertiary/aromatic N) is 1. The van der Waals surface area contributed by atoms with Gasteiger partial charge in [0.05, 0.1) is 5.69 Å². The molecule has 7 aromatic carbocycles. The van der Waals surface area contributed by atoms with Crippen LogP contribution in [-0.4, -0.2) is 0 Å². The van der Waals surface area contributed by atoms with E-state index in [1.54, 1.807) is 0 Å². The molecule has 0 atom stereocenters. The maximum Gasteiger partial charge on any atom is 0.137 e. The molecule has 2 nitrogen and oxygen atoms in total. The summed E-state index contributed by atoms with van der Waals surface area (Å²) in [7, 11) is 0. The zero-order chi connectivity index (χ0) is 31.5. The lowest BCUT2D eigenvalue weighted by Gasteiger charge is -2.30. The van der Waals surface area contributed by atoms with Crippen LogP contribution < -0.4 is 4.90 Å². The summed E-state index contributed by atoms with van der Waals surface area (Å²) in [5.41, 5.74) is 14.8. The number of furan rings is 1. The van der Waals surface area contributed by atoms with E-state index in [9.17, 15) is 0 Å². The minimum absolute atomic E-state index is 0.226. The topological polar surface area (TPSA) is 16.4 Å². The molecular weight excluding hydrogens is 571 g/mol. The van der Waals surface area contributed by atoms with Gasteiger partial charge in [0.1, 0.15) is 11.2 Å². The number of fused-ring (bicyclic) bond motifs is 7. The van der Waals surface area contributed by atoms with Crippen molar-refractivity contribution in [1.82, 2.24) is 0 Å². The smallest absolute Gasteiger partial charge is 0.137 e. The fourth-order valence-electron chi connectivity index (χ4n) is 7.67. The largest absolute Gasteiger partial charge is 0.456 e. The van der Waals surface area contributed by atoms with Crippen molar-refractivity contribution in [1.29, 1.82) is 0 Å². The molecule has 1 aliphatic rings. The predicted molar refractivity (Wildman–Crippen MR) is 197 cm³/mol. The molecule has 0 unspecified atom stereocenters. The van der Waals surface area contributed by atoms with Gasteiger partial charge in [0.2, 0.25) is 0 Å². The number of anilines is 3. The van der Waals surface area contributed by atoms with Gasteiger partial charge in [0, 0.05) is 39.2 Å². The van der Waals surface area contributed by atoms with Crippen LogP contribution in [0.25, 0.3) is 55.3 Å². The van der Waals surface area contributed by atoms with Crippen LogP contribution in [0.1, 0.15) is 25.0 Å². The molecule has 1 aliphatic carbocycles. The minimum Gasteiger partial charge on any atom is -0.456 e. The van der Waals surface area contributed by atoms with Crippen molar-refractivity contribution in [2.75, 3.05) is 4.90 Å². The molecule has 0 radical (unpaired) electrons. The summed E-state index contributed by atoms with van der Waals surface area (Å²) in [5.74, 6) is 0. The van der Waals surface area contributed by atoms with Crippen LogP contribution in [0.4, 0.5) is 17.1 Å². The molecule has 0 saturated heterocycles. The third kappa shape index (κ3) is 4.33. The number of benzene rings is 7. The zero-order valence-corrected chi connectivity index (χ0v) is 26.4. The molecule has 47 heavy (non-hydrogen) atoms. The minimum atomic E-state index is -0.226. The number of hydrogen-bond acceptors (Lipinski definition) is 2. The van der Waals surface area contributed by atoms with Crippen molar-refractivity contribution < 1.29 is 4.42 Å². The zero-order valence-electron chi connectivity index (χ0n) is 26.4. The van der Waals surface area contributed by atoms with E-state index in [4.69, 9.17) is 4.42 Å². The summed E-state index contributed by atoms with van der Waals surface area (Å²) >= 11 is 0. The lowest BCUT2D eigenvalue weighted by molar-refractivity contribution is 0.657. The van der Waals surface area contributed by atoms with Crippen molar-refractivity contribution in [2.24, 2.45) is 0 Å². The SMILES string of the molecule is CC1(C)c2ccccc2-c2c(N(c3cccc(-c4ccccc4)c3)c3cccc(-c4ccccc4)c3)cc3oc4ccccc4c3c21. The van der Waals surface area contributed by atoms with E-state index in [1.807, 2.05) is 0 Å². The van der Waals surface area contributed by atoms with Crippen molar-refractivity contribution in [3.05, 3.63) is 175 Å². The van der Waals surface area contributed by atoms with Crippen molar-refractivity contribution in [3.63, 3.8) is 0 Å². The number of rotatable bonds is 5. The lowest BCUT2D eigenvalue weighted by atomic mass is 9.80. The number of hydrogen-bond donors (Lipinski definition) is 0.